The van der Waals surface area contributed by atoms with Gasteiger partial charge in [0.25, 0.3) is 0 Å². The molecule has 4 aromatic rings. The second-order valence-corrected chi connectivity index (χ2v) is 12.1. The van der Waals surface area contributed by atoms with Crippen LogP contribution in [0.1, 0.15) is 55.5 Å². The molecule has 9 nitrogen and oxygen atoms in total. The number of likely N-dealkylation sites (tertiary alicyclic amines) is 1. The number of benzene rings is 2. The van der Waals surface area contributed by atoms with Gasteiger partial charge >= 0.3 is 12.1 Å². The molecule has 0 saturated carbocycles. The molecule has 0 aliphatic carbocycles. The van der Waals surface area contributed by atoms with Gasteiger partial charge in [0.05, 0.1) is 17.4 Å². The van der Waals surface area contributed by atoms with Gasteiger partial charge in [0.2, 0.25) is 5.88 Å². The highest BCUT2D eigenvalue weighted by molar-refractivity contribution is 5.92. The molecule has 1 saturated heterocycles. The normalized spacial score (nSPS) is 18.6. The van der Waals surface area contributed by atoms with Crippen LogP contribution in [0.5, 0.6) is 5.88 Å². The number of pyridine rings is 1. The summed E-state index contributed by atoms with van der Waals surface area (Å²) in [4.78, 5) is 34.8. The fourth-order valence-electron chi connectivity index (χ4n) is 6.38. The Morgan fingerprint density at radius 3 is 2.86 bits per heavy atom. The maximum absolute atomic E-state index is 14.3. The third-order valence-electron chi connectivity index (χ3n) is 8.46. The second-order valence-electron chi connectivity index (χ2n) is 12.1. The summed E-state index contributed by atoms with van der Waals surface area (Å²) in [5.41, 5.74) is 5.17. The molecule has 2 aliphatic rings. The molecule has 4 heterocycles. The van der Waals surface area contributed by atoms with Crippen molar-refractivity contribution in [3.05, 3.63) is 82.9 Å². The minimum absolute atomic E-state index is 0.115. The van der Waals surface area contributed by atoms with E-state index in [9.17, 15) is 14.0 Å². The lowest BCUT2D eigenvalue weighted by atomic mass is 9.90. The summed E-state index contributed by atoms with van der Waals surface area (Å²) in [6, 6.07) is 14.0. The van der Waals surface area contributed by atoms with Gasteiger partial charge in [0, 0.05) is 42.3 Å². The molecule has 3 amide bonds. The Balaban J connectivity index is 1.21. The Bertz CT molecular complexity index is 1650. The highest BCUT2D eigenvalue weighted by Crippen LogP contribution is 2.33. The lowest BCUT2D eigenvalue weighted by Crippen LogP contribution is -2.55. The number of carbonyl (C=O) groups excluding carboxylic acids is 2. The minimum Gasteiger partial charge on any atom is -0.391 e. The SMILES string of the molecule is Cc1cc(CCC2CC(N3Cc4cccc(F)c4NC3=O)CCN2C(=O)Oc2cccc(CC(C)C)n2)cc2cn[nH]c12. The van der Waals surface area contributed by atoms with E-state index in [1.807, 2.05) is 24.4 Å². The molecule has 224 valence electrons. The molecule has 0 bridgehead atoms. The largest absolute Gasteiger partial charge is 0.416 e. The summed E-state index contributed by atoms with van der Waals surface area (Å²) in [7, 11) is 0. The van der Waals surface area contributed by atoms with Gasteiger partial charge in [-0.25, -0.2) is 19.0 Å². The maximum Gasteiger partial charge on any atom is 0.416 e. The lowest BCUT2D eigenvalue weighted by molar-refractivity contribution is 0.0712. The fraction of sp³-hybridized carbons (Fsp3) is 0.394. The third-order valence-corrected chi connectivity index (χ3v) is 8.46. The maximum atomic E-state index is 14.3. The molecule has 2 atom stereocenters. The molecular formula is C33H37FN6O3. The zero-order chi connectivity index (χ0) is 30.1. The number of aromatic amines is 1. The molecule has 2 N–H and O–H groups in total. The first-order valence-corrected chi connectivity index (χ1v) is 15.0. The van der Waals surface area contributed by atoms with Crippen LogP contribution in [0.3, 0.4) is 0 Å². The lowest BCUT2D eigenvalue weighted by Gasteiger charge is -2.44. The van der Waals surface area contributed by atoms with Crippen molar-refractivity contribution in [1.29, 1.82) is 0 Å². The summed E-state index contributed by atoms with van der Waals surface area (Å²) in [6.07, 6.45) is 4.79. The number of aryl methyl sites for hydroxylation is 2. The number of nitrogens with zero attached hydrogens (tertiary/aromatic N) is 4. The van der Waals surface area contributed by atoms with E-state index in [4.69, 9.17) is 4.74 Å². The average molecular weight is 585 g/mol. The van der Waals surface area contributed by atoms with E-state index in [2.05, 4.69) is 53.4 Å². The molecule has 0 radical (unpaired) electrons. The monoisotopic (exact) mass is 584 g/mol. The Labute approximate surface area is 250 Å². The molecule has 43 heavy (non-hydrogen) atoms. The van der Waals surface area contributed by atoms with E-state index < -0.39 is 11.9 Å². The molecule has 2 aromatic heterocycles. The standard InChI is InChI=1S/C33H37FN6O3/c1-20(2)14-25-7-5-9-29(36-25)43-33(42)39-13-12-27(40-19-23-6-4-8-28(34)31(23)37-32(40)41)17-26(39)11-10-22-15-21(3)30-24(16-22)18-35-38-30/h4-9,15-16,18,20,26-27H,10-14,17,19H2,1-3H3,(H,35,38)(H,37,41). The third kappa shape index (κ3) is 6.18. The van der Waals surface area contributed by atoms with Crippen molar-refractivity contribution in [1.82, 2.24) is 25.0 Å². The van der Waals surface area contributed by atoms with Crippen molar-refractivity contribution < 1.29 is 18.7 Å². The molecule has 2 aliphatic heterocycles. The number of piperidine rings is 1. The first-order valence-electron chi connectivity index (χ1n) is 15.0. The number of rotatable bonds is 7. The van der Waals surface area contributed by atoms with Crippen LogP contribution < -0.4 is 10.1 Å². The van der Waals surface area contributed by atoms with Crippen LogP contribution >= 0.6 is 0 Å². The van der Waals surface area contributed by atoms with Gasteiger partial charge < -0.3 is 19.9 Å². The number of hydrogen-bond donors (Lipinski definition) is 2. The Morgan fingerprint density at radius 1 is 1.19 bits per heavy atom. The Kier molecular flexibility index (Phi) is 8.01. The van der Waals surface area contributed by atoms with E-state index in [0.29, 0.717) is 44.1 Å². The molecule has 2 aromatic carbocycles. The van der Waals surface area contributed by atoms with Gasteiger partial charge in [-0.1, -0.05) is 38.1 Å². The van der Waals surface area contributed by atoms with Crippen molar-refractivity contribution >= 4 is 28.7 Å². The predicted molar refractivity (Wildman–Crippen MR) is 162 cm³/mol. The number of amides is 3. The number of hydrogen-bond acceptors (Lipinski definition) is 5. The molecule has 1 fully saturated rings. The zero-order valence-corrected chi connectivity index (χ0v) is 24.8. The number of para-hydroxylation sites is 1. The summed E-state index contributed by atoms with van der Waals surface area (Å²) >= 11 is 0. The van der Waals surface area contributed by atoms with Gasteiger partial charge in [-0.2, -0.15) is 5.10 Å². The van der Waals surface area contributed by atoms with E-state index >= 15 is 0 Å². The van der Waals surface area contributed by atoms with Crippen LogP contribution in [-0.4, -0.2) is 55.7 Å². The van der Waals surface area contributed by atoms with Crippen LogP contribution in [0.15, 0.2) is 54.7 Å². The van der Waals surface area contributed by atoms with Gasteiger partial charge in [-0.15, -0.1) is 0 Å². The second kappa shape index (κ2) is 12.0. The van der Waals surface area contributed by atoms with Crippen molar-refractivity contribution in [2.24, 2.45) is 5.92 Å². The number of urea groups is 1. The summed E-state index contributed by atoms with van der Waals surface area (Å²) in [5.74, 6) is 0.290. The van der Waals surface area contributed by atoms with Crippen molar-refractivity contribution in [2.45, 2.75) is 71.5 Å². The number of anilines is 1. The van der Waals surface area contributed by atoms with Crippen LogP contribution in [0, 0.1) is 18.7 Å². The van der Waals surface area contributed by atoms with Gasteiger partial charge in [-0.05, 0) is 79.8 Å². The topological polar surface area (TPSA) is 103 Å². The first-order chi connectivity index (χ1) is 20.7. The molecule has 0 spiro atoms. The Morgan fingerprint density at radius 2 is 2.02 bits per heavy atom. The fourth-order valence-corrected chi connectivity index (χ4v) is 6.38. The summed E-state index contributed by atoms with van der Waals surface area (Å²) in [6.45, 7) is 7.06. The molecule has 6 rings (SSSR count). The van der Waals surface area contributed by atoms with E-state index in [1.165, 1.54) is 6.07 Å². The Hall–Kier alpha value is -4.47. The molecule has 2 unspecified atom stereocenters. The van der Waals surface area contributed by atoms with E-state index in [-0.39, 0.29) is 23.8 Å². The molecular weight excluding hydrogens is 547 g/mol. The van der Waals surface area contributed by atoms with E-state index in [0.717, 1.165) is 46.1 Å². The first kappa shape index (κ1) is 28.6. The highest BCUT2D eigenvalue weighted by atomic mass is 19.1. The number of nitrogens with one attached hydrogen (secondary N) is 2. The zero-order valence-electron chi connectivity index (χ0n) is 24.8. The minimum atomic E-state index is -0.436. The smallest absolute Gasteiger partial charge is 0.391 e. The molecule has 10 heteroatoms. The number of H-pyrrole nitrogens is 1. The van der Waals surface area contributed by atoms with Crippen LogP contribution in [0.25, 0.3) is 10.9 Å². The number of carbonyl (C=O) groups is 2. The van der Waals surface area contributed by atoms with E-state index in [1.54, 1.807) is 21.9 Å². The van der Waals surface area contributed by atoms with Gasteiger partial charge in [0.15, 0.2) is 0 Å². The van der Waals surface area contributed by atoms with Crippen LogP contribution in [-0.2, 0) is 19.4 Å². The quantitative estimate of drug-likeness (QED) is 0.254. The van der Waals surface area contributed by atoms with Crippen molar-refractivity contribution in [3.8, 4) is 5.88 Å². The van der Waals surface area contributed by atoms with Crippen LogP contribution in [0.2, 0.25) is 0 Å². The number of halogens is 1. The van der Waals surface area contributed by atoms with Gasteiger partial charge in [-0.3, -0.25) is 5.10 Å². The average Bonchev–Trinajstić information content (AvgIpc) is 3.45. The van der Waals surface area contributed by atoms with Crippen molar-refractivity contribution in [3.63, 3.8) is 0 Å². The number of ether oxygens (including phenoxy) is 1. The highest BCUT2D eigenvalue weighted by Gasteiger charge is 2.38. The number of aromatic nitrogens is 3. The summed E-state index contributed by atoms with van der Waals surface area (Å²) in [5, 5.41) is 11.0. The van der Waals surface area contributed by atoms with Gasteiger partial charge in [0.1, 0.15) is 5.82 Å². The van der Waals surface area contributed by atoms with Crippen molar-refractivity contribution in [2.75, 3.05) is 11.9 Å². The predicted octanol–water partition coefficient (Wildman–Crippen LogP) is 6.62. The summed E-state index contributed by atoms with van der Waals surface area (Å²) < 4.78 is 20.2. The van der Waals surface area contributed by atoms with Crippen LogP contribution in [0.4, 0.5) is 19.7 Å². The number of fused-ring (bicyclic) bond motifs is 2.